The fraction of sp³-hybridized carbons (Fsp3) is 0.706. The molecule has 1 atom stereocenters. The van der Waals surface area contributed by atoms with Crippen LogP contribution in [-0.2, 0) is 11.2 Å². The second kappa shape index (κ2) is 18.5. The molecule has 0 bridgehead atoms. The summed E-state index contributed by atoms with van der Waals surface area (Å²) < 4.78 is 20.7. The standard InChI is InChI=1S/C34H55FN6O6/c1-2-25-5-8-31(38-19-25)40-13-9-26(10-14-40)4-3-15-47-29-7-6-28(30(35)17-29)16-32(45)41-20-27(21-41)18-36-11-12-37-33(46)39-34(22-42,23-43)24-44/h6-7,17,19,26-27,31,36,38,42-44H,2-5,8-16,18,20-24H2,1H3,(H2,37,39,46). The van der Waals surface area contributed by atoms with E-state index in [4.69, 9.17) is 4.74 Å². The summed E-state index contributed by atoms with van der Waals surface area (Å²) in [5, 5.41) is 39.6. The molecule has 3 aliphatic heterocycles. The monoisotopic (exact) mass is 662 g/mol. The molecule has 3 aliphatic rings. The van der Waals surface area contributed by atoms with Gasteiger partial charge in [-0.3, -0.25) is 9.69 Å². The lowest BCUT2D eigenvalue weighted by atomic mass is 9.91. The van der Waals surface area contributed by atoms with E-state index in [9.17, 15) is 29.3 Å². The predicted octanol–water partition coefficient (Wildman–Crippen LogP) is 1.31. The zero-order valence-corrected chi connectivity index (χ0v) is 27.8. The number of likely N-dealkylation sites (tertiary alicyclic amines) is 2. The van der Waals surface area contributed by atoms with Crippen LogP contribution in [0.1, 0.15) is 57.4 Å². The number of aliphatic hydroxyl groups excluding tert-OH is 3. The van der Waals surface area contributed by atoms with Gasteiger partial charge in [-0.25, -0.2) is 9.18 Å². The van der Waals surface area contributed by atoms with Crippen LogP contribution in [0, 0.1) is 17.7 Å². The van der Waals surface area contributed by atoms with Crippen molar-refractivity contribution in [2.24, 2.45) is 11.8 Å². The number of amides is 3. The largest absolute Gasteiger partial charge is 0.493 e. The van der Waals surface area contributed by atoms with Crippen LogP contribution in [0.15, 0.2) is 30.0 Å². The predicted molar refractivity (Wildman–Crippen MR) is 177 cm³/mol. The van der Waals surface area contributed by atoms with Gasteiger partial charge in [-0.2, -0.15) is 0 Å². The molecule has 0 spiro atoms. The molecule has 1 aromatic rings. The van der Waals surface area contributed by atoms with Crippen molar-refractivity contribution < 1.29 is 34.0 Å². The third-order valence-corrected chi connectivity index (χ3v) is 9.77. The highest BCUT2D eigenvalue weighted by atomic mass is 19.1. The molecule has 13 heteroatoms. The lowest BCUT2D eigenvalue weighted by Gasteiger charge is -2.39. The van der Waals surface area contributed by atoms with Crippen LogP contribution in [0.3, 0.4) is 0 Å². The Morgan fingerprint density at radius 2 is 1.81 bits per heavy atom. The minimum absolute atomic E-state index is 0.00737. The molecule has 2 saturated heterocycles. The zero-order chi connectivity index (χ0) is 33.6. The molecule has 264 valence electrons. The summed E-state index contributed by atoms with van der Waals surface area (Å²) in [5.74, 6) is 0.933. The minimum Gasteiger partial charge on any atom is -0.493 e. The number of ether oxygens (including phenoxy) is 1. The van der Waals surface area contributed by atoms with Gasteiger partial charge in [-0.15, -0.1) is 0 Å². The van der Waals surface area contributed by atoms with Crippen LogP contribution in [0.2, 0.25) is 0 Å². The van der Waals surface area contributed by atoms with Crippen LogP contribution < -0.4 is 26.0 Å². The summed E-state index contributed by atoms with van der Waals surface area (Å²) in [4.78, 5) is 28.9. The highest BCUT2D eigenvalue weighted by Gasteiger charge is 2.31. The fourth-order valence-corrected chi connectivity index (χ4v) is 6.44. The van der Waals surface area contributed by atoms with Gasteiger partial charge >= 0.3 is 6.03 Å². The van der Waals surface area contributed by atoms with Crippen molar-refractivity contribution in [2.45, 2.75) is 70.0 Å². The van der Waals surface area contributed by atoms with Gasteiger partial charge in [0.15, 0.2) is 0 Å². The number of allylic oxidation sites excluding steroid dienone is 1. The first kappa shape index (κ1) is 36.9. The number of aliphatic hydroxyl groups is 3. The van der Waals surface area contributed by atoms with Crippen LogP contribution in [0.25, 0.3) is 0 Å². The van der Waals surface area contributed by atoms with Crippen molar-refractivity contribution in [1.82, 2.24) is 31.1 Å². The molecular formula is C34H55FN6O6. The molecule has 4 rings (SSSR count). The number of carbonyl (C=O) groups is 2. The molecule has 0 aromatic heterocycles. The topological polar surface area (TPSA) is 159 Å². The quantitative estimate of drug-likeness (QED) is 0.115. The summed E-state index contributed by atoms with van der Waals surface area (Å²) in [6.07, 6.45) is 10.7. The second-order valence-corrected chi connectivity index (χ2v) is 13.3. The van der Waals surface area contributed by atoms with Crippen LogP contribution in [-0.4, -0.2) is 121 Å². The SMILES string of the molecule is CCC1=CNC(N2CCC(CCCOc3ccc(CC(=O)N4CC(CNCCNC(=O)NC(CO)(CO)CO)C4)c(F)c3)CC2)CC1. The van der Waals surface area contributed by atoms with Crippen LogP contribution >= 0.6 is 0 Å². The summed E-state index contributed by atoms with van der Waals surface area (Å²) >= 11 is 0. The molecule has 3 heterocycles. The van der Waals surface area contributed by atoms with Crippen molar-refractivity contribution in [3.05, 3.63) is 41.4 Å². The van der Waals surface area contributed by atoms with E-state index in [2.05, 4.69) is 39.3 Å². The fourth-order valence-electron chi connectivity index (χ4n) is 6.44. The minimum atomic E-state index is -1.47. The summed E-state index contributed by atoms with van der Waals surface area (Å²) in [7, 11) is 0. The summed E-state index contributed by atoms with van der Waals surface area (Å²) in [6, 6.07) is 4.16. The zero-order valence-electron chi connectivity index (χ0n) is 27.8. The Hall–Kier alpha value is -2.97. The molecule has 3 amide bonds. The van der Waals surface area contributed by atoms with Gasteiger partial charge < -0.3 is 46.2 Å². The lowest BCUT2D eigenvalue weighted by Crippen LogP contribution is -2.59. The number of nitrogens with one attached hydrogen (secondary N) is 4. The Morgan fingerprint density at radius 1 is 1.06 bits per heavy atom. The highest BCUT2D eigenvalue weighted by molar-refractivity contribution is 5.79. The Morgan fingerprint density at radius 3 is 2.45 bits per heavy atom. The molecule has 47 heavy (non-hydrogen) atoms. The van der Waals surface area contributed by atoms with Crippen molar-refractivity contribution >= 4 is 11.9 Å². The van der Waals surface area contributed by atoms with E-state index >= 15 is 0 Å². The molecule has 2 fully saturated rings. The van der Waals surface area contributed by atoms with Crippen molar-refractivity contribution in [2.75, 3.05) is 72.2 Å². The number of halogens is 1. The van der Waals surface area contributed by atoms with E-state index in [1.54, 1.807) is 17.0 Å². The van der Waals surface area contributed by atoms with E-state index in [-0.39, 0.29) is 18.2 Å². The maximum atomic E-state index is 14.8. The third kappa shape index (κ3) is 11.0. The first-order valence-corrected chi connectivity index (χ1v) is 17.2. The van der Waals surface area contributed by atoms with Gasteiger partial charge in [0.2, 0.25) is 5.91 Å². The molecule has 0 saturated carbocycles. The molecule has 0 radical (unpaired) electrons. The van der Waals surface area contributed by atoms with Gasteiger partial charge in [-0.05, 0) is 68.7 Å². The van der Waals surface area contributed by atoms with E-state index in [1.165, 1.54) is 37.3 Å². The van der Waals surface area contributed by atoms with Crippen LogP contribution in [0.5, 0.6) is 5.75 Å². The molecule has 1 unspecified atom stereocenters. The molecule has 0 aliphatic carbocycles. The average Bonchev–Trinajstić information content (AvgIpc) is 3.07. The molecule has 1 aromatic carbocycles. The molecular weight excluding hydrogens is 607 g/mol. The Balaban J connectivity index is 1.04. The number of carbonyl (C=O) groups excluding carboxylic acids is 2. The van der Waals surface area contributed by atoms with E-state index in [1.807, 2.05) is 0 Å². The van der Waals surface area contributed by atoms with Gasteiger partial charge in [-0.1, -0.05) is 18.6 Å². The van der Waals surface area contributed by atoms with Crippen molar-refractivity contribution in [1.29, 1.82) is 0 Å². The number of urea groups is 1. The van der Waals surface area contributed by atoms with Gasteiger partial charge in [0.1, 0.15) is 17.1 Å². The van der Waals surface area contributed by atoms with E-state index in [0.29, 0.717) is 62.7 Å². The third-order valence-electron chi connectivity index (χ3n) is 9.77. The average molecular weight is 663 g/mol. The van der Waals surface area contributed by atoms with E-state index in [0.717, 1.165) is 32.4 Å². The number of piperidine rings is 1. The molecule has 12 nitrogen and oxygen atoms in total. The number of hydrogen-bond donors (Lipinski definition) is 7. The number of hydrogen-bond acceptors (Lipinski definition) is 9. The Labute approximate surface area is 278 Å². The first-order valence-electron chi connectivity index (χ1n) is 17.2. The number of benzene rings is 1. The maximum absolute atomic E-state index is 14.8. The Kier molecular flexibility index (Phi) is 14.5. The second-order valence-electron chi connectivity index (χ2n) is 13.3. The smallest absolute Gasteiger partial charge is 0.315 e. The normalized spacial score (nSPS) is 19.5. The number of rotatable bonds is 18. The van der Waals surface area contributed by atoms with Crippen LogP contribution in [0.4, 0.5) is 9.18 Å². The lowest BCUT2D eigenvalue weighted by molar-refractivity contribution is -0.136. The maximum Gasteiger partial charge on any atom is 0.315 e. The van der Waals surface area contributed by atoms with E-state index < -0.39 is 37.2 Å². The Bertz CT molecular complexity index is 1160. The van der Waals surface area contributed by atoms with Crippen molar-refractivity contribution in [3.8, 4) is 5.75 Å². The summed E-state index contributed by atoms with van der Waals surface area (Å²) in [6.45, 7) is 5.87. The van der Waals surface area contributed by atoms with Gasteiger partial charge in [0, 0.05) is 57.8 Å². The van der Waals surface area contributed by atoms with Gasteiger partial charge in [0.05, 0.1) is 39.0 Å². The van der Waals surface area contributed by atoms with Gasteiger partial charge in [0.25, 0.3) is 0 Å². The molecule has 7 N–H and O–H groups in total. The first-order chi connectivity index (χ1) is 22.8. The highest BCUT2D eigenvalue weighted by Crippen LogP contribution is 2.26. The van der Waals surface area contributed by atoms with Crippen molar-refractivity contribution in [3.63, 3.8) is 0 Å². The number of nitrogens with zero attached hydrogens (tertiary/aromatic N) is 2. The summed E-state index contributed by atoms with van der Waals surface area (Å²) in [5.41, 5.74) is 0.402.